The van der Waals surface area contributed by atoms with Gasteiger partial charge in [0.25, 0.3) is 0 Å². The van der Waals surface area contributed by atoms with Crippen molar-refractivity contribution >= 4 is 45.6 Å². The number of rotatable bonds is 5. The smallest absolute Gasteiger partial charge is 0.169 e. The van der Waals surface area contributed by atoms with Gasteiger partial charge in [-0.2, -0.15) is 11.8 Å². The molecule has 3 rings (SSSR count). The molecule has 0 amide bonds. The van der Waals surface area contributed by atoms with E-state index in [9.17, 15) is 0 Å². The maximum atomic E-state index is 5.51. The zero-order valence-electron chi connectivity index (χ0n) is 13.5. The van der Waals surface area contributed by atoms with Gasteiger partial charge < -0.3 is 15.2 Å². The minimum absolute atomic E-state index is 0.889. The molecule has 2 N–H and O–H groups in total. The van der Waals surface area contributed by atoms with Crippen LogP contribution in [0.2, 0.25) is 0 Å². The summed E-state index contributed by atoms with van der Waals surface area (Å²) in [4.78, 5) is 5.62. The van der Waals surface area contributed by atoms with Gasteiger partial charge in [-0.25, -0.2) is 0 Å². The van der Waals surface area contributed by atoms with Gasteiger partial charge in [-0.05, 0) is 48.7 Å². The molecule has 1 aliphatic heterocycles. The zero-order chi connectivity index (χ0) is 16.1. The molecule has 5 heteroatoms. The van der Waals surface area contributed by atoms with Crippen molar-refractivity contribution in [2.45, 2.75) is 12.8 Å². The molecule has 3 nitrogen and oxygen atoms in total. The highest BCUT2D eigenvalue weighted by molar-refractivity contribution is 7.98. The van der Waals surface area contributed by atoms with Crippen LogP contribution in [0, 0.1) is 0 Å². The van der Waals surface area contributed by atoms with Gasteiger partial charge >= 0.3 is 0 Å². The third-order valence-corrected chi connectivity index (χ3v) is 5.33. The van der Waals surface area contributed by atoms with Gasteiger partial charge in [-0.3, -0.25) is 0 Å². The molecule has 0 bridgehead atoms. The number of fused-ring (bicyclic) bond motifs is 1. The van der Waals surface area contributed by atoms with Crippen molar-refractivity contribution in [2.24, 2.45) is 0 Å². The predicted octanol–water partition coefficient (Wildman–Crippen LogP) is 3.88. The number of nitrogens with one attached hydrogen (secondary N) is 2. The van der Waals surface area contributed by atoms with E-state index < -0.39 is 0 Å². The molecule has 0 saturated carbocycles. The van der Waals surface area contributed by atoms with E-state index in [4.69, 9.17) is 12.2 Å². The van der Waals surface area contributed by atoms with Crippen LogP contribution in [-0.4, -0.2) is 46.6 Å². The fourth-order valence-electron chi connectivity index (χ4n) is 2.96. The molecule has 0 radical (unpaired) electrons. The monoisotopic (exact) mass is 345 g/mol. The Bertz CT molecular complexity index is 705. The molecule has 1 aromatic carbocycles. The highest BCUT2D eigenvalue weighted by Gasteiger charge is 2.17. The number of nitrogens with zero attached hydrogens (tertiary/aromatic N) is 1. The van der Waals surface area contributed by atoms with E-state index in [2.05, 4.69) is 58.0 Å². The SMILES string of the molecule is CSCCCNC(=S)N1CC=C(c2c[nH]c3ccccc23)CC1. The fourth-order valence-corrected chi connectivity index (χ4v) is 3.66. The Hall–Kier alpha value is -1.46. The summed E-state index contributed by atoms with van der Waals surface area (Å²) >= 11 is 7.39. The second-order valence-electron chi connectivity index (χ2n) is 5.75. The van der Waals surface area contributed by atoms with Gasteiger partial charge in [0.15, 0.2) is 5.11 Å². The van der Waals surface area contributed by atoms with E-state index in [1.54, 1.807) is 0 Å². The highest BCUT2D eigenvalue weighted by atomic mass is 32.2. The van der Waals surface area contributed by atoms with Crippen LogP contribution in [0.3, 0.4) is 0 Å². The summed E-state index contributed by atoms with van der Waals surface area (Å²) in [7, 11) is 0. The van der Waals surface area contributed by atoms with Crippen molar-refractivity contribution in [3.8, 4) is 0 Å². The number of thiocarbonyl (C=S) groups is 1. The van der Waals surface area contributed by atoms with E-state index in [0.29, 0.717) is 0 Å². The average molecular weight is 346 g/mol. The lowest BCUT2D eigenvalue weighted by molar-refractivity contribution is 0.450. The molecule has 0 spiro atoms. The van der Waals surface area contributed by atoms with E-state index in [1.165, 1.54) is 27.8 Å². The number of para-hydroxylation sites is 1. The second-order valence-corrected chi connectivity index (χ2v) is 7.12. The van der Waals surface area contributed by atoms with Crippen molar-refractivity contribution in [1.82, 2.24) is 15.2 Å². The minimum atomic E-state index is 0.889. The Kier molecular flexibility index (Phi) is 5.62. The Labute approximate surface area is 147 Å². The summed E-state index contributed by atoms with van der Waals surface area (Å²) in [5.41, 5.74) is 3.96. The van der Waals surface area contributed by atoms with E-state index in [1.807, 2.05) is 11.8 Å². The van der Waals surface area contributed by atoms with Crippen LogP contribution in [0.25, 0.3) is 16.5 Å². The molecule has 2 heterocycles. The average Bonchev–Trinajstić information content (AvgIpc) is 3.03. The van der Waals surface area contributed by atoms with Gasteiger partial charge in [-0.15, -0.1) is 0 Å². The standard InChI is InChI=1S/C18H23N3S2/c1-23-12-4-9-19-18(22)21-10-7-14(8-11-21)16-13-20-17-6-3-2-5-15(16)17/h2-3,5-7,13,20H,4,8-12H2,1H3,(H,19,22). The lowest BCUT2D eigenvalue weighted by Crippen LogP contribution is -2.42. The number of benzene rings is 1. The number of aromatic amines is 1. The molecule has 1 aromatic heterocycles. The summed E-state index contributed by atoms with van der Waals surface area (Å²) in [5, 5.41) is 5.57. The van der Waals surface area contributed by atoms with Gasteiger partial charge in [-0.1, -0.05) is 24.3 Å². The van der Waals surface area contributed by atoms with Gasteiger partial charge in [0.05, 0.1) is 0 Å². The van der Waals surface area contributed by atoms with Crippen molar-refractivity contribution in [2.75, 3.05) is 31.6 Å². The Morgan fingerprint density at radius 2 is 2.26 bits per heavy atom. The lowest BCUT2D eigenvalue weighted by Gasteiger charge is -2.29. The van der Waals surface area contributed by atoms with Gasteiger partial charge in [0.1, 0.15) is 0 Å². The third-order valence-electron chi connectivity index (χ3n) is 4.23. The number of hydrogen-bond donors (Lipinski definition) is 2. The molecule has 23 heavy (non-hydrogen) atoms. The summed E-state index contributed by atoms with van der Waals surface area (Å²) in [6, 6.07) is 8.48. The highest BCUT2D eigenvalue weighted by Crippen LogP contribution is 2.29. The molecule has 0 aliphatic carbocycles. The molecule has 0 saturated heterocycles. The first-order chi connectivity index (χ1) is 11.3. The van der Waals surface area contributed by atoms with Crippen LogP contribution in [0.15, 0.2) is 36.5 Å². The quantitative estimate of drug-likeness (QED) is 0.636. The maximum Gasteiger partial charge on any atom is 0.169 e. The van der Waals surface area contributed by atoms with Crippen LogP contribution in [0.5, 0.6) is 0 Å². The van der Waals surface area contributed by atoms with Crippen molar-refractivity contribution < 1.29 is 0 Å². The number of H-pyrrole nitrogens is 1. The molecule has 2 aromatic rings. The summed E-state index contributed by atoms with van der Waals surface area (Å²) in [6.45, 7) is 2.85. The number of thioether (sulfide) groups is 1. The number of aromatic nitrogens is 1. The molecule has 1 aliphatic rings. The van der Waals surface area contributed by atoms with Gasteiger partial charge in [0, 0.05) is 42.3 Å². The predicted molar refractivity (Wildman–Crippen MR) is 106 cm³/mol. The molecular formula is C18H23N3S2. The van der Waals surface area contributed by atoms with Crippen LogP contribution < -0.4 is 5.32 Å². The Morgan fingerprint density at radius 3 is 3.04 bits per heavy atom. The normalized spacial score (nSPS) is 14.8. The molecule has 122 valence electrons. The first kappa shape index (κ1) is 16.4. The number of hydrogen-bond acceptors (Lipinski definition) is 2. The topological polar surface area (TPSA) is 31.1 Å². The zero-order valence-corrected chi connectivity index (χ0v) is 15.1. The first-order valence-electron chi connectivity index (χ1n) is 8.07. The molecule has 0 unspecified atom stereocenters. The van der Waals surface area contributed by atoms with Crippen LogP contribution in [0.4, 0.5) is 0 Å². The van der Waals surface area contributed by atoms with Crippen molar-refractivity contribution in [3.05, 3.63) is 42.1 Å². The fraction of sp³-hybridized carbons (Fsp3) is 0.389. The minimum Gasteiger partial charge on any atom is -0.363 e. The maximum absolute atomic E-state index is 5.51. The Morgan fingerprint density at radius 1 is 1.39 bits per heavy atom. The lowest BCUT2D eigenvalue weighted by atomic mass is 9.99. The third kappa shape index (κ3) is 3.90. The van der Waals surface area contributed by atoms with Crippen LogP contribution >= 0.6 is 24.0 Å². The largest absolute Gasteiger partial charge is 0.363 e. The second kappa shape index (κ2) is 7.88. The van der Waals surface area contributed by atoms with Crippen LogP contribution in [0.1, 0.15) is 18.4 Å². The molecular weight excluding hydrogens is 322 g/mol. The summed E-state index contributed by atoms with van der Waals surface area (Å²) < 4.78 is 0. The summed E-state index contributed by atoms with van der Waals surface area (Å²) in [5.74, 6) is 1.18. The summed E-state index contributed by atoms with van der Waals surface area (Å²) in [6.07, 6.45) is 8.78. The first-order valence-corrected chi connectivity index (χ1v) is 9.87. The molecule has 0 atom stereocenters. The van der Waals surface area contributed by atoms with Gasteiger partial charge in [0.2, 0.25) is 0 Å². The van der Waals surface area contributed by atoms with E-state index >= 15 is 0 Å². The molecule has 0 fully saturated rings. The van der Waals surface area contributed by atoms with Crippen molar-refractivity contribution in [3.63, 3.8) is 0 Å². The van der Waals surface area contributed by atoms with Crippen LogP contribution in [-0.2, 0) is 0 Å². The van der Waals surface area contributed by atoms with E-state index in [-0.39, 0.29) is 0 Å². The van der Waals surface area contributed by atoms with Crippen molar-refractivity contribution in [1.29, 1.82) is 0 Å². The van der Waals surface area contributed by atoms with E-state index in [0.717, 1.165) is 37.6 Å². The Balaban J connectivity index is 1.61.